The fraction of sp³-hybridized carbons (Fsp3) is 0.235. The fourth-order valence-corrected chi connectivity index (χ4v) is 2.27. The molecule has 1 heterocycles. The lowest BCUT2D eigenvalue weighted by Gasteiger charge is -2.25. The van der Waals surface area contributed by atoms with Crippen molar-refractivity contribution in [2.75, 3.05) is 14.2 Å². The number of hydrogen-bond donors (Lipinski definition) is 0. The van der Waals surface area contributed by atoms with Crippen LogP contribution in [0.5, 0.6) is 0 Å². The normalized spacial score (nSPS) is 12.2. The first kappa shape index (κ1) is 18.3. The van der Waals surface area contributed by atoms with E-state index in [1.165, 1.54) is 19.2 Å². The largest absolute Gasteiger partial charge is 0.467 e. The molecule has 0 aliphatic carbocycles. The van der Waals surface area contributed by atoms with Gasteiger partial charge in [-0.25, -0.2) is 13.6 Å². The van der Waals surface area contributed by atoms with Crippen LogP contribution in [-0.4, -0.2) is 40.7 Å². The van der Waals surface area contributed by atoms with Crippen molar-refractivity contribution < 1.29 is 23.1 Å². The van der Waals surface area contributed by atoms with Crippen LogP contribution < -0.4 is 0 Å². The number of amides is 1. The maximum Gasteiger partial charge on any atom is 0.333 e. The Hall–Kier alpha value is -3.03. The number of likely N-dealkylation sites (N-methyl/N-ethyl adjacent to an activating group) is 1. The van der Waals surface area contributed by atoms with Crippen LogP contribution in [0.2, 0.25) is 0 Å². The lowest BCUT2D eigenvalue weighted by atomic mass is 10.0. The molecule has 0 aliphatic rings. The average molecular weight is 349 g/mol. The van der Waals surface area contributed by atoms with Crippen LogP contribution in [0.15, 0.2) is 36.7 Å². The van der Waals surface area contributed by atoms with E-state index in [1.54, 1.807) is 24.1 Å². The summed E-state index contributed by atoms with van der Waals surface area (Å²) in [6.07, 6.45) is 5.95. The first-order chi connectivity index (χ1) is 11.8. The van der Waals surface area contributed by atoms with Crippen molar-refractivity contribution >= 4 is 18.0 Å². The quantitative estimate of drug-likeness (QED) is 0.612. The van der Waals surface area contributed by atoms with Crippen molar-refractivity contribution in [3.63, 3.8) is 0 Å². The van der Waals surface area contributed by atoms with Gasteiger partial charge in [0.25, 0.3) is 0 Å². The van der Waals surface area contributed by atoms with Crippen LogP contribution in [0.1, 0.15) is 17.2 Å². The molecule has 1 atom stereocenters. The number of carbonyl (C=O) groups excluding carboxylic acids is 2. The summed E-state index contributed by atoms with van der Waals surface area (Å²) >= 11 is 0. The monoisotopic (exact) mass is 349 g/mol. The lowest BCUT2D eigenvalue weighted by Crippen LogP contribution is -2.36. The highest BCUT2D eigenvalue weighted by Crippen LogP contribution is 2.25. The number of methoxy groups -OCH3 is 1. The van der Waals surface area contributed by atoms with Gasteiger partial charge in [0, 0.05) is 37.5 Å². The molecule has 0 bridgehead atoms. The van der Waals surface area contributed by atoms with E-state index < -0.39 is 29.6 Å². The Bertz CT molecular complexity index is 817. The molecule has 0 saturated heterocycles. The average Bonchev–Trinajstić information content (AvgIpc) is 3.01. The van der Waals surface area contributed by atoms with Crippen molar-refractivity contribution in [2.45, 2.75) is 6.04 Å². The number of nitrogens with zero attached hydrogens (tertiary/aromatic N) is 3. The Kier molecular flexibility index (Phi) is 5.63. The molecule has 1 amide bonds. The zero-order chi connectivity index (χ0) is 18.6. The number of esters is 1. The molecule has 1 unspecified atom stereocenters. The third-order valence-corrected chi connectivity index (χ3v) is 3.56. The van der Waals surface area contributed by atoms with E-state index in [0.29, 0.717) is 5.56 Å². The number of aromatic nitrogens is 2. The van der Waals surface area contributed by atoms with Crippen LogP contribution in [-0.2, 0) is 21.4 Å². The Labute approximate surface area is 143 Å². The summed E-state index contributed by atoms with van der Waals surface area (Å²) in [6, 6.07) is 1.28. The van der Waals surface area contributed by atoms with Gasteiger partial charge in [0.15, 0.2) is 6.04 Å². The van der Waals surface area contributed by atoms with E-state index in [9.17, 15) is 18.4 Å². The van der Waals surface area contributed by atoms with Gasteiger partial charge in [-0.3, -0.25) is 9.48 Å². The zero-order valence-electron chi connectivity index (χ0n) is 13.9. The van der Waals surface area contributed by atoms with E-state index in [2.05, 4.69) is 9.84 Å². The SMILES string of the molecule is COC(=O)C(c1cc(F)ccc1F)N(C)C(=O)/C=C\c1cnn(C)c1. The standard InChI is InChI=1S/C17H17F2N3O3/c1-21-10-11(9-20-21)4-7-15(23)22(2)16(17(24)25-3)13-8-12(18)5-6-14(13)19/h4-10,16H,1-3H3/b7-4-. The maximum atomic E-state index is 14.1. The summed E-state index contributed by atoms with van der Waals surface area (Å²) in [5, 5.41) is 3.96. The molecule has 0 radical (unpaired) electrons. The highest BCUT2D eigenvalue weighted by Gasteiger charge is 2.31. The Morgan fingerprint density at radius 1 is 1.36 bits per heavy atom. The number of rotatable bonds is 5. The van der Waals surface area contributed by atoms with E-state index in [4.69, 9.17) is 0 Å². The van der Waals surface area contributed by atoms with Gasteiger partial charge in [-0.05, 0) is 24.3 Å². The zero-order valence-corrected chi connectivity index (χ0v) is 13.9. The first-order valence-corrected chi connectivity index (χ1v) is 7.29. The Morgan fingerprint density at radius 2 is 2.08 bits per heavy atom. The highest BCUT2D eigenvalue weighted by molar-refractivity contribution is 5.94. The number of ether oxygens (including phenoxy) is 1. The summed E-state index contributed by atoms with van der Waals surface area (Å²) in [4.78, 5) is 25.4. The van der Waals surface area contributed by atoms with Crippen molar-refractivity contribution in [3.8, 4) is 0 Å². The van der Waals surface area contributed by atoms with Crippen LogP contribution in [0.25, 0.3) is 6.08 Å². The van der Waals surface area contributed by atoms with Crippen LogP contribution in [0, 0.1) is 11.6 Å². The van der Waals surface area contributed by atoms with E-state index >= 15 is 0 Å². The second-order valence-electron chi connectivity index (χ2n) is 5.32. The number of hydrogen-bond acceptors (Lipinski definition) is 4. The summed E-state index contributed by atoms with van der Waals surface area (Å²) in [7, 11) is 4.14. The molecular weight excluding hydrogens is 332 g/mol. The topological polar surface area (TPSA) is 64.4 Å². The number of benzene rings is 1. The molecule has 0 saturated carbocycles. The van der Waals surface area contributed by atoms with Crippen molar-refractivity contribution in [3.05, 3.63) is 59.4 Å². The fourth-order valence-electron chi connectivity index (χ4n) is 2.27. The molecule has 8 heteroatoms. The molecule has 2 aromatic rings. The summed E-state index contributed by atoms with van der Waals surface area (Å²) < 4.78 is 33.7. The third kappa shape index (κ3) is 4.28. The Balaban J connectivity index is 2.30. The lowest BCUT2D eigenvalue weighted by molar-refractivity contribution is -0.150. The summed E-state index contributed by atoms with van der Waals surface area (Å²) in [6.45, 7) is 0. The molecule has 6 nitrogen and oxygen atoms in total. The van der Waals surface area contributed by atoms with Gasteiger partial charge in [0.2, 0.25) is 5.91 Å². The molecule has 2 rings (SSSR count). The maximum absolute atomic E-state index is 14.1. The molecule has 1 aromatic heterocycles. The van der Waals surface area contributed by atoms with E-state index in [0.717, 1.165) is 30.2 Å². The van der Waals surface area contributed by atoms with Crippen LogP contribution in [0.4, 0.5) is 8.78 Å². The van der Waals surface area contributed by atoms with Gasteiger partial charge in [-0.15, -0.1) is 0 Å². The number of halogens is 2. The van der Waals surface area contributed by atoms with Crippen LogP contribution in [0.3, 0.4) is 0 Å². The van der Waals surface area contributed by atoms with Crippen LogP contribution >= 0.6 is 0 Å². The predicted molar refractivity (Wildman–Crippen MR) is 86.1 cm³/mol. The van der Waals surface area contributed by atoms with Crippen molar-refractivity contribution in [1.29, 1.82) is 0 Å². The molecule has 25 heavy (non-hydrogen) atoms. The molecule has 132 valence electrons. The minimum absolute atomic E-state index is 0.280. The van der Waals surface area contributed by atoms with Gasteiger partial charge < -0.3 is 9.64 Å². The van der Waals surface area contributed by atoms with Gasteiger partial charge in [0.1, 0.15) is 11.6 Å². The summed E-state index contributed by atoms with van der Waals surface area (Å²) in [5.74, 6) is -3.00. The number of aryl methyl sites for hydroxylation is 1. The first-order valence-electron chi connectivity index (χ1n) is 7.29. The molecular formula is C17H17F2N3O3. The Morgan fingerprint density at radius 3 is 2.68 bits per heavy atom. The highest BCUT2D eigenvalue weighted by atomic mass is 19.1. The van der Waals surface area contributed by atoms with Gasteiger partial charge in [-0.2, -0.15) is 5.10 Å². The molecule has 0 N–H and O–H groups in total. The molecule has 0 fully saturated rings. The second kappa shape index (κ2) is 7.69. The predicted octanol–water partition coefficient (Wildman–Crippen LogP) is 2.08. The molecule has 0 aliphatic heterocycles. The number of carbonyl (C=O) groups is 2. The third-order valence-electron chi connectivity index (χ3n) is 3.56. The van der Waals surface area contributed by atoms with E-state index in [1.807, 2.05) is 0 Å². The minimum Gasteiger partial charge on any atom is -0.467 e. The van der Waals surface area contributed by atoms with Crippen molar-refractivity contribution in [1.82, 2.24) is 14.7 Å². The van der Waals surface area contributed by atoms with Gasteiger partial charge in [-0.1, -0.05) is 0 Å². The van der Waals surface area contributed by atoms with E-state index in [-0.39, 0.29) is 5.56 Å². The van der Waals surface area contributed by atoms with Gasteiger partial charge >= 0.3 is 5.97 Å². The van der Waals surface area contributed by atoms with Crippen molar-refractivity contribution in [2.24, 2.45) is 7.05 Å². The summed E-state index contributed by atoms with van der Waals surface area (Å²) in [5.41, 5.74) is 0.397. The molecule has 0 spiro atoms. The minimum atomic E-state index is -1.41. The van der Waals surface area contributed by atoms with Gasteiger partial charge in [0.05, 0.1) is 13.3 Å². The molecule has 1 aromatic carbocycles. The smallest absolute Gasteiger partial charge is 0.333 e. The second-order valence-corrected chi connectivity index (χ2v) is 5.32.